The highest BCUT2D eigenvalue weighted by Gasteiger charge is 2.60. The molecule has 4 aliphatic carbocycles. The third-order valence-corrected chi connectivity index (χ3v) is 7.88. The minimum atomic E-state index is -0.0838. The average Bonchev–Trinajstić information content (AvgIpc) is 2.84. The minimum absolute atomic E-state index is 0.0124. The van der Waals surface area contributed by atoms with E-state index >= 15 is 0 Å². The second-order valence-electron chi connectivity index (χ2n) is 8.57. The maximum absolute atomic E-state index is 12.4. The van der Waals surface area contributed by atoms with Crippen LogP contribution in [0.25, 0.3) is 0 Å². The van der Waals surface area contributed by atoms with E-state index < -0.39 is 0 Å². The van der Waals surface area contributed by atoms with Crippen molar-refractivity contribution in [3.63, 3.8) is 0 Å². The lowest BCUT2D eigenvalue weighted by Crippen LogP contribution is -2.53. The van der Waals surface area contributed by atoms with Crippen LogP contribution in [-0.4, -0.2) is 11.6 Å². The van der Waals surface area contributed by atoms with E-state index in [-0.39, 0.29) is 16.6 Å². The number of carbonyl (C=O) groups excluding carboxylic acids is 2. The summed E-state index contributed by atoms with van der Waals surface area (Å²) in [5, 5.41) is 0. The molecule has 0 N–H and O–H groups in total. The number of terminal acetylenes is 1. The van der Waals surface area contributed by atoms with Crippen molar-refractivity contribution in [1.29, 1.82) is 0 Å². The summed E-state index contributed by atoms with van der Waals surface area (Å²) in [6.07, 6.45) is 17.4. The number of fused-ring (bicyclic) bond motifs is 5. The predicted molar refractivity (Wildman–Crippen MR) is 89.4 cm³/mol. The summed E-state index contributed by atoms with van der Waals surface area (Å²) in [4.78, 5) is 24.4. The Morgan fingerprint density at radius 2 is 2.04 bits per heavy atom. The van der Waals surface area contributed by atoms with E-state index in [2.05, 4.69) is 18.9 Å². The van der Waals surface area contributed by atoms with Crippen molar-refractivity contribution >= 4 is 11.6 Å². The van der Waals surface area contributed by atoms with E-state index in [1.807, 2.05) is 0 Å². The quantitative estimate of drug-likeness (QED) is 0.687. The first-order valence-corrected chi connectivity index (χ1v) is 9.20. The number of rotatable bonds is 1. The van der Waals surface area contributed by atoms with Gasteiger partial charge in [-0.3, -0.25) is 9.59 Å². The third-order valence-electron chi connectivity index (χ3n) is 7.88. The lowest BCUT2D eigenvalue weighted by Gasteiger charge is -2.58. The molecule has 0 amide bonds. The first kappa shape index (κ1) is 15.2. The molecule has 3 fully saturated rings. The Morgan fingerprint density at radius 1 is 1.22 bits per heavy atom. The molecule has 0 aromatic rings. The van der Waals surface area contributed by atoms with Crippen molar-refractivity contribution in [2.24, 2.45) is 34.5 Å². The summed E-state index contributed by atoms with van der Waals surface area (Å²) in [5.74, 6) is 5.80. The Bertz CT molecular complexity index is 624. The first-order chi connectivity index (χ1) is 11.0. The molecule has 0 unspecified atom stereocenters. The van der Waals surface area contributed by atoms with Crippen molar-refractivity contribution < 1.29 is 9.59 Å². The van der Waals surface area contributed by atoms with Crippen molar-refractivity contribution in [3.8, 4) is 12.3 Å². The summed E-state index contributed by atoms with van der Waals surface area (Å²) in [5.41, 5.74) is -0.0713. The molecule has 23 heavy (non-hydrogen) atoms. The zero-order chi connectivity index (χ0) is 16.2. The van der Waals surface area contributed by atoms with Crippen LogP contribution >= 0.6 is 0 Å². The molecule has 0 aromatic carbocycles. The molecule has 0 radical (unpaired) electrons. The number of hydrogen-bond acceptors (Lipinski definition) is 2. The van der Waals surface area contributed by atoms with Gasteiger partial charge in [0.15, 0.2) is 5.78 Å². The standard InChI is InChI=1S/C21H26O2/c1-3-10-21-12-8-15(22)13-14(21)4-5-16-17-6-7-19(23)20(17,2)11-9-18(16)21/h1,8,12,14,16-18H,4-7,9-11,13H2,2H3/t14-,16-,17-,18-,20-,21-/m0/s1. The summed E-state index contributed by atoms with van der Waals surface area (Å²) in [6, 6.07) is 0. The minimum Gasteiger partial charge on any atom is -0.299 e. The molecule has 0 spiro atoms. The third kappa shape index (κ3) is 1.95. The molecule has 0 heterocycles. The summed E-state index contributed by atoms with van der Waals surface area (Å²) in [6.45, 7) is 2.21. The Labute approximate surface area is 139 Å². The van der Waals surface area contributed by atoms with Gasteiger partial charge < -0.3 is 0 Å². The van der Waals surface area contributed by atoms with Crippen LogP contribution in [0.4, 0.5) is 0 Å². The number of allylic oxidation sites excluding steroid dienone is 2. The van der Waals surface area contributed by atoms with Crippen LogP contribution in [0.5, 0.6) is 0 Å². The molecule has 2 heteroatoms. The summed E-state index contributed by atoms with van der Waals surface area (Å²) >= 11 is 0. The van der Waals surface area contributed by atoms with Crippen molar-refractivity contribution in [2.45, 2.75) is 58.3 Å². The maximum atomic E-state index is 12.4. The second-order valence-corrected chi connectivity index (χ2v) is 8.57. The topological polar surface area (TPSA) is 34.1 Å². The summed E-state index contributed by atoms with van der Waals surface area (Å²) < 4.78 is 0. The van der Waals surface area contributed by atoms with Crippen LogP contribution in [0, 0.1) is 46.8 Å². The van der Waals surface area contributed by atoms with Gasteiger partial charge in [0, 0.05) is 30.1 Å². The first-order valence-electron chi connectivity index (χ1n) is 9.20. The lowest BCUT2D eigenvalue weighted by atomic mass is 9.45. The Hall–Kier alpha value is -1.36. The van der Waals surface area contributed by atoms with Crippen molar-refractivity contribution in [1.82, 2.24) is 0 Å². The van der Waals surface area contributed by atoms with E-state index in [0.717, 1.165) is 38.5 Å². The van der Waals surface area contributed by atoms with Crippen LogP contribution in [0.15, 0.2) is 12.2 Å². The molecule has 122 valence electrons. The SMILES string of the molecule is C#CC[C@]12C=CC(=O)C[C@@H]1CC[C@@H]1[C@@H]2CC[C@]2(C)C(=O)CC[C@@H]12. The van der Waals surface area contributed by atoms with Gasteiger partial charge in [-0.15, -0.1) is 12.3 Å². The number of carbonyl (C=O) groups is 2. The highest BCUT2D eigenvalue weighted by molar-refractivity contribution is 5.91. The number of Topliss-reactive ketones (excluding diaryl/α,β-unsaturated/α-hetero) is 1. The predicted octanol–water partition coefficient (Wildman–Crippen LogP) is 3.95. The molecule has 0 aliphatic heterocycles. The molecule has 4 rings (SSSR count). The number of hydrogen-bond donors (Lipinski definition) is 0. The van der Waals surface area contributed by atoms with Gasteiger partial charge in [0.2, 0.25) is 0 Å². The molecule has 0 aromatic heterocycles. The monoisotopic (exact) mass is 310 g/mol. The maximum Gasteiger partial charge on any atom is 0.155 e. The fourth-order valence-corrected chi connectivity index (χ4v) is 6.72. The Morgan fingerprint density at radius 3 is 2.83 bits per heavy atom. The fraction of sp³-hybridized carbons (Fsp3) is 0.714. The van der Waals surface area contributed by atoms with Gasteiger partial charge in [-0.05, 0) is 61.9 Å². The van der Waals surface area contributed by atoms with Gasteiger partial charge in [-0.1, -0.05) is 13.0 Å². The van der Waals surface area contributed by atoms with Crippen LogP contribution in [0.3, 0.4) is 0 Å². The van der Waals surface area contributed by atoms with Crippen molar-refractivity contribution in [2.75, 3.05) is 0 Å². The molecule has 0 bridgehead atoms. The van der Waals surface area contributed by atoms with E-state index in [1.165, 1.54) is 6.42 Å². The van der Waals surface area contributed by atoms with Gasteiger partial charge in [-0.25, -0.2) is 0 Å². The largest absolute Gasteiger partial charge is 0.299 e. The normalized spacial score (nSPS) is 48.3. The molecular weight excluding hydrogens is 284 g/mol. The van der Waals surface area contributed by atoms with Crippen LogP contribution in [-0.2, 0) is 9.59 Å². The number of ketones is 2. The highest BCUT2D eigenvalue weighted by atomic mass is 16.1. The van der Waals surface area contributed by atoms with Gasteiger partial charge in [0.1, 0.15) is 5.78 Å². The zero-order valence-electron chi connectivity index (χ0n) is 14.0. The van der Waals surface area contributed by atoms with Gasteiger partial charge in [-0.2, -0.15) is 0 Å². The Balaban J connectivity index is 1.74. The van der Waals surface area contributed by atoms with Crippen LogP contribution in [0.2, 0.25) is 0 Å². The van der Waals surface area contributed by atoms with Gasteiger partial charge in [0.25, 0.3) is 0 Å². The van der Waals surface area contributed by atoms with E-state index in [0.29, 0.717) is 35.9 Å². The van der Waals surface area contributed by atoms with E-state index in [4.69, 9.17) is 6.42 Å². The van der Waals surface area contributed by atoms with E-state index in [1.54, 1.807) is 6.08 Å². The molecular formula is C21H26O2. The zero-order valence-corrected chi connectivity index (χ0v) is 14.0. The second kappa shape index (κ2) is 5.07. The average molecular weight is 310 g/mol. The van der Waals surface area contributed by atoms with Crippen LogP contribution < -0.4 is 0 Å². The lowest BCUT2D eigenvalue weighted by molar-refractivity contribution is -0.135. The molecule has 6 atom stereocenters. The summed E-state index contributed by atoms with van der Waals surface area (Å²) in [7, 11) is 0. The smallest absolute Gasteiger partial charge is 0.155 e. The van der Waals surface area contributed by atoms with Crippen LogP contribution in [0.1, 0.15) is 58.3 Å². The van der Waals surface area contributed by atoms with Crippen molar-refractivity contribution in [3.05, 3.63) is 12.2 Å². The van der Waals surface area contributed by atoms with E-state index in [9.17, 15) is 9.59 Å². The molecule has 3 saturated carbocycles. The Kier molecular flexibility index (Phi) is 3.34. The molecule has 4 aliphatic rings. The highest BCUT2D eigenvalue weighted by Crippen LogP contribution is 2.65. The van der Waals surface area contributed by atoms with Gasteiger partial charge in [0.05, 0.1) is 0 Å². The molecule has 0 saturated heterocycles. The molecule has 2 nitrogen and oxygen atoms in total. The fourth-order valence-electron chi connectivity index (χ4n) is 6.72. The van der Waals surface area contributed by atoms with Gasteiger partial charge >= 0.3 is 0 Å².